The predicted molar refractivity (Wildman–Crippen MR) is 83.1 cm³/mol. The molecule has 0 saturated heterocycles. The molecule has 21 heavy (non-hydrogen) atoms. The van der Waals surface area contributed by atoms with Crippen LogP contribution in [0.1, 0.15) is 25.8 Å². The molecule has 0 spiro atoms. The van der Waals surface area contributed by atoms with Gasteiger partial charge >= 0.3 is 0 Å². The first-order valence-corrected chi connectivity index (χ1v) is 7.01. The van der Waals surface area contributed by atoms with Crippen LogP contribution in [-0.2, 0) is 6.42 Å². The number of fused-ring (bicyclic) bond motifs is 1. The molecule has 1 heterocycles. The molecule has 0 aliphatic rings. The summed E-state index contributed by atoms with van der Waals surface area (Å²) in [6.45, 7) is 4.89. The lowest BCUT2D eigenvalue weighted by molar-refractivity contribution is -0.383. The third-order valence-electron chi connectivity index (χ3n) is 3.34. The van der Waals surface area contributed by atoms with E-state index in [1.54, 1.807) is 6.07 Å². The molecule has 6 heteroatoms. The van der Waals surface area contributed by atoms with E-state index in [1.807, 2.05) is 13.0 Å². The van der Waals surface area contributed by atoms with Crippen LogP contribution in [0.2, 0.25) is 0 Å². The molecule has 0 bridgehead atoms. The lowest BCUT2D eigenvalue weighted by atomic mass is 10.1. The van der Waals surface area contributed by atoms with Crippen LogP contribution >= 0.6 is 0 Å². The summed E-state index contributed by atoms with van der Waals surface area (Å²) < 4.78 is 5.28. The molecule has 0 fully saturated rings. The van der Waals surface area contributed by atoms with Gasteiger partial charge in [0.1, 0.15) is 17.1 Å². The normalized spacial score (nSPS) is 10.6. The van der Waals surface area contributed by atoms with Gasteiger partial charge in [-0.25, -0.2) is 4.98 Å². The molecule has 1 aromatic carbocycles. The summed E-state index contributed by atoms with van der Waals surface area (Å²) in [4.78, 5) is 15.4. The number of aryl methyl sites for hydroxylation is 1. The largest absolute Gasteiger partial charge is 0.494 e. The SMILES string of the molecule is CCCNc1nc2c(OC)ccc([N+](=O)[O-])c2cc1CC. The highest BCUT2D eigenvalue weighted by molar-refractivity contribution is 5.94. The fraction of sp³-hybridized carbons (Fsp3) is 0.400. The van der Waals surface area contributed by atoms with Crippen LogP contribution in [0, 0.1) is 10.1 Å². The Balaban J connectivity index is 2.71. The number of ether oxygens (including phenoxy) is 1. The van der Waals surface area contributed by atoms with Crippen molar-refractivity contribution in [1.82, 2.24) is 4.98 Å². The second kappa shape index (κ2) is 6.39. The zero-order valence-electron chi connectivity index (χ0n) is 12.5. The molecule has 2 aromatic rings. The molecular weight excluding hydrogens is 270 g/mol. The highest BCUT2D eigenvalue weighted by atomic mass is 16.6. The van der Waals surface area contributed by atoms with E-state index in [0.717, 1.165) is 30.8 Å². The average molecular weight is 289 g/mol. The third kappa shape index (κ3) is 2.89. The summed E-state index contributed by atoms with van der Waals surface area (Å²) in [5, 5.41) is 15.0. The summed E-state index contributed by atoms with van der Waals surface area (Å²) in [7, 11) is 1.54. The molecule has 1 N–H and O–H groups in total. The Labute approximate surface area is 123 Å². The molecule has 0 saturated carbocycles. The summed E-state index contributed by atoms with van der Waals surface area (Å²) in [6.07, 6.45) is 1.73. The van der Waals surface area contributed by atoms with Crippen molar-refractivity contribution in [2.24, 2.45) is 0 Å². The zero-order chi connectivity index (χ0) is 15.4. The van der Waals surface area contributed by atoms with Crippen LogP contribution in [0.3, 0.4) is 0 Å². The van der Waals surface area contributed by atoms with Crippen LogP contribution in [0.15, 0.2) is 18.2 Å². The predicted octanol–water partition coefficient (Wildman–Crippen LogP) is 3.54. The molecule has 0 atom stereocenters. The Bertz CT molecular complexity index is 671. The number of benzene rings is 1. The summed E-state index contributed by atoms with van der Waals surface area (Å²) in [5.74, 6) is 1.31. The van der Waals surface area contributed by atoms with Gasteiger partial charge in [-0.1, -0.05) is 13.8 Å². The first-order chi connectivity index (χ1) is 10.1. The first kappa shape index (κ1) is 15.0. The van der Waals surface area contributed by atoms with Crippen molar-refractivity contribution in [3.8, 4) is 5.75 Å². The lowest BCUT2D eigenvalue weighted by Crippen LogP contribution is -2.06. The Morgan fingerprint density at radius 1 is 1.38 bits per heavy atom. The van der Waals surface area contributed by atoms with E-state index in [9.17, 15) is 10.1 Å². The van der Waals surface area contributed by atoms with Crippen LogP contribution in [0.4, 0.5) is 11.5 Å². The maximum absolute atomic E-state index is 11.2. The number of anilines is 1. The number of hydrogen-bond acceptors (Lipinski definition) is 5. The van der Waals surface area contributed by atoms with Crippen molar-refractivity contribution in [1.29, 1.82) is 0 Å². The minimum Gasteiger partial charge on any atom is -0.494 e. The minimum absolute atomic E-state index is 0.0510. The first-order valence-electron chi connectivity index (χ1n) is 7.01. The summed E-state index contributed by atoms with van der Waals surface area (Å²) in [5.41, 5.74) is 1.53. The molecule has 0 amide bonds. The van der Waals surface area contributed by atoms with Gasteiger partial charge in [0.25, 0.3) is 5.69 Å². The van der Waals surface area contributed by atoms with Gasteiger partial charge < -0.3 is 10.1 Å². The number of aromatic nitrogens is 1. The van der Waals surface area contributed by atoms with Gasteiger partial charge in [0, 0.05) is 12.6 Å². The number of non-ortho nitro benzene ring substituents is 1. The summed E-state index contributed by atoms with van der Waals surface area (Å²) in [6, 6.07) is 4.88. The fourth-order valence-corrected chi connectivity index (χ4v) is 2.25. The molecule has 0 aliphatic carbocycles. The van der Waals surface area contributed by atoms with E-state index in [-0.39, 0.29) is 10.6 Å². The van der Waals surface area contributed by atoms with Crippen molar-refractivity contribution in [3.05, 3.63) is 33.9 Å². The van der Waals surface area contributed by atoms with Crippen molar-refractivity contribution in [2.75, 3.05) is 19.0 Å². The maximum Gasteiger partial charge on any atom is 0.279 e. The Hall–Kier alpha value is -2.37. The second-order valence-electron chi connectivity index (χ2n) is 4.72. The number of methoxy groups -OCH3 is 1. The average Bonchev–Trinajstić information content (AvgIpc) is 2.50. The van der Waals surface area contributed by atoms with E-state index >= 15 is 0 Å². The van der Waals surface area contributed by atoms with E-state index in [1.165, 1.54) is 13.2 Å². The van der Waals surface area contributed by atoms with Gasteiger partial charge in [-0.15, -0.1) is 0 Å². The highest BCUT2D eigenvalue weighted by Gasteiger charge is 2.18. The van der Waals surface area contributed by atoms with Crippen molar-refractivity contribution in [2.45, 2.75) is 26.7 Å². The van der Waals surface area contributed by atoms with Crippen LogP contribution in [-0.4, -0.2) is 23.6 Å². The van der Waals surface area contributed by atoms with Crippen molar-refractivity contribution < 1.29 is 9.66 Å². The van der Waals surface area contributed by atoms with Gasteiger partial charge in [0.15, 0.2) is 0 Å². The monoisotopic (exact) mass is 289 g/mol. The highest BCUT2D eigenvalue weighted by Crippen LogP contribution is 2.34. The molecule has 2 rings (SSSR count). The topological polar surface area (TPSA) is 77.3 Å². The second-order valence-corrected chi connectivity index (χ2v) is 4.72. The molecule has 1 aromatic heterocycles. The number of hydrogen-bond donors (Lipinski definition) is 1. The van der Waals surface area contributed by atoms with E-state index < -0.39 is 0 Å². The quantitative estimate of drug-likeness (QED) is 0.650. The Kier molecular flexibility index (Phi) is 4.57. The molecule has 6 nitrogen and oxygen atoms in total. The van der Waals surface area contributed by atoms with Gasteiger partial charge in [-0.2, -0.15) is 0 Å². The van der Waals surface area contributed by atoms with Crippen LogP contribution in [0.25, 0.3) is 10.9 Å². The number of pyridine rings is 1. The number of rotatable bonds is 6. The van der Waals surface area contributed by atoms with Gasteiger partial charge in [-0.05, 0) is 30.5 Å². The maximum atomic E-state index is 11.2. The van der Waals surface area contributed by atoms with Gasteiger partial charge in [0.2, 0.25) is 0 Å². The van der Waals surface area contributed by atoms with Crippen LogP contribution < -0.4 is 10.1 Å². The zero-order valence-corrected chi connectivity index (χ0v) is 12.5. The number of nitro benzene ring substituents is 1. The Morgan fingerprint density at radius 2 is 2.14 bits per heavy atom. The lowest BCUT2D eigenvalue weighted by Gasteiger charge is -2.12. The molecule has 0 aliphatic heterocycles. The van der Waals surface area contributed by atoms with E-state index in [4.69, 9.17) is 4.74 Å². The van der Waals surface area contributed by atoms with E-state index in [2.05, 4.69) is 17.2 Å². The van der Waals surface area contributed by atoms with Gasteiger partial charge in [0.05, 0.1) is 17.4 Å². The molecule has 112 valence electrons. The molecule has 0 radical (unpaired) electrons. The van der Waals surface area contributed by atoms with Crippen molar-refractivity contribution in [3.63, 3.8) is 0 Å². The fourth-order valence-electron chi connectivity index (χ4n) is 2.25. The third-order valence-corrected chi connectivity index (χ3v) is 3.34. The van der Waals surface area contributed by atoms with Crippen LogP contribution in [0.5, 0.6) is 5.75 Å². The Morgan fingerprint density at radius 3 is 2.71 bits per heavy atom. The number of nitro groups is 1. The van der Waals surface area contributed by atoms with Gasteiger partial charge in [-0.3, -0.25) is 10.1 Å². The minimum atomic E-state index is -0.387. The molecule has 0 unspecified atom stereocenters. The van der Waals surface area contributed by atoms with Crippen molar-refractivity contribution >= 4 is 22.4 Å². The summed E-state index contributed by atoms with van der Waals surface area (Å²) >= 11 is 0. The molecular formula is C15H19N3O3. The van der Waals surface area contributed by atoms with E-state index in [0.29, 0.717) is 16.7 Å². The number of nitrogens with zero attached hydrogens (tertiary/aromatic N) is 2. The standard InChI is InChI=1S/C15H19N3O3/c1-4-8-16-15-10(5-2)9-11-12(18(19)20)6-7-13(21-3)14(11)17-15/h6-7,9H,4-5,8H2,1-3H3,(H,16,17). The smallest absolute Gasteiger partial charge is 0.279 e. The number of nitrogens with one attached hydrogen (secondary N) is 1.